The Morgan fingerprint density at radius 3 is 2.76 bits per heavy atom. The van der Waals surface area contributed by atoms with E-state index in [1.165, 1.54) is 6.07 Å². The van der Waals surface area contributed by atoms with Gasteiger partial charge in [0.1, 0.15) is 0 Å². The summed E-state index contributed by atoms with van der Waals surface area (Å²) in [6.07, 6.45) is -3.57. The monoisotopic (exact) mass is 299 g/mol. The number of likely N-dealkylation sites (tertiary alicyclic amines) is 1. The average molecular weight is 299 g/mol. The second-order valence-corrected chi connectivity index (χ2v) is 5.37. The van der Waals surface area contributed by atoms with Crippen molar-refractivity contribution in [3.05, 3.63) is 34.2 Å². The van der Waals surface area contributed by atoms with Gasteiger partial charge >= 0.3 is 11.9 Å². The quantitative estimate of drug-likeness (QED) is 0.926. The predicted molar refractivity (Wildman–Crippen MR) is 73.3 cm³/mol. The van der Waals surface area contributed by atoms with Crippen LogP contribution in [0.15, 0.2) is 23.0 Å². The molecule has 21 heavy (non-hydrogen) atoms. The number of halogens is 3. The summed E-state index contributed by atoms with van der Waals surface area (Å²) < 4.78 is 39.7. The molecule has 1 aromatic carbocycles. The number of fused-ring (bicyclic) bond motifs is 1. The van der Waals surface area contributed by atoms with E-state index < -0.39 is 11.7 Å². The summed E-state index contributed by atoms with van der Waals surface area (Å²) in [5.41, 5.74) is -0.307. The van der Waals surface area contributed by atoms with Gasteiger partial charge in [-0.25, -0.2) is 4.79 Å². The predicted octanol–water partition coefficient (Wildman–Crippen LogP) is 2.62. The van der Waals surface area contributed by atoms with Gasteiger partial charge in [-0.3, -0.25) is 4.57 Å². The van der Waals surface area contributed by atoms with Crippen LogP contribution in [0.2, 0.25) is 0 Å². The van der Waals surface area contributed by atoms with Gasteiger partial charge in [0.25, 0.3) is 0 Å². The molecule has 0 amide bonds. The Hall–Kier alpha value is -1.76. The molecular formula is C14H16F3N3O. The van der Waals surface area contributed by atoms with E-state index >= 15 is 0 Å². The van der Waals surface area contributed by atoms with Crippen LogP contribution in [0.1, 0.15) is 24.9 Å². The van der Waals surface area contributed by atoms with Crippen molar-refractivity contribution < 1.29 is 13.2 Å². The minimum absolute atomic E-state index is 0.0166. The maximum atomic E-state index is 12.7. The van der Waals surface area contributed by atoms with E-state index in [0.29, 0.717) is 5.52 Å². The summed E-state index contributed by atoms with van der Waals surface area (Å²) in [6, 6.07) is 3.42. The maximum absolute atomic E-state index is 12.7. The van der Waals surface area contributed by atoms with Crippen molar-refractivity contribution in [1.29, 1.82) is 0 Å². The number of hydrogen-bond acceptors (Lipinski definition) is 2. The Balaban J connectivity index is 2.05. The molecule has 0 aliphatic carbocycles. The second kappa shape index (κ2) is 4.91. The van der Waals surface area contributed by atoms with Crippen LogP contribution in [0.5, 0.6) is 0 Å². The number of aromatic amines is 1. The summed E-state index contributed by atoms with van der Waals surface area (Å²) in [5, 5.41) is 0. The largest absolute Gasteiger partial charge is 0.416 e. The number of H-pyrrole nitrogens is 1. The number of hydrogen-bond donors (Lipinski definition) is 1. The molecule has 1 fully saturated rings. The lowest BCUT2D eigenvalue weighted by atomic mass is 10.2. The molecule has 114 valence electrons. The molecule has 0 radical (unpaired) electrons. The first-order chi connectivity index (χ1) is 9.90. The minimum Gasteiger partial charge on any atom is -0.306 e. The van der Waals surface area contributed by atoms with Crippen molar-refractivity contribution in [3.8, 4) is 0 Å². The van der Waals surface area contributed by atoms with E-state index in [-0.39, 0.29) is 17.2 Å². The molecule has 4 nitrogen and oxygen atoms in total. The number of nitrogens with zero attached hydrogens (tertiary/aromatic N) is 2. The third kappa shape index (κ3) is 2.46. The van der Waals surface area contributed by atoms with Gasteiger partial charge in [0, 0.05) is 13.1 Å². The highest BCUT2D eigenvalue weighted by atomic mass is 19.4. The molecule has 1 aliphatic heterocycles. The molecule has 2 heterocycles. The minimum atomic E-state index is -4.40. The molecule has 7 heteroatoms. The van der Waals surface area contributed by atoms with Crippen LogP contribution >= 0.6 is 0 Å². The van der Waals surface area contributed by atoms with Crippen LogP contribution in [-0.4, -0.2) is 34.1 Å². The molecule has 1 unspecified atom stereocenters. The molecule has 3 rings (SSSR count). The lowest BCUT2D eigenvalue weighted by molar-refractivity contribution is -0.137. The van der Waals surface area contributed by atoms with Crippen molar-refractivity contribution in [2.45, 2.75) is 25.6 Å². The van der Waals surface area contributed by atoms with Crippen molar-refractivity contribution in [2.24, 2.45) is 0 Å². The van der Waals surface area contributed by atoms with Crippen LogP contribution in [-0.2, 0) is 6.18 Å². The van der Waals surface area contributed by atoms with Gasteiger partial charge in [0.05, 0.1) is 22.6 Å². The molecule has 1 saturated heterocycles. The van der Waals surface area contributed by atoms with E-state index in [1.807, 2.05) is 0 Å². The van der Waals surface area contributed by atoms with Crippen molar-refractivity contribution >= 4 is 11.0 Å². The Kier molecular flexibility index (Phi) is 3.32. The van der Waals surface area contributed by atoms with E-state index in [4.69, 9.17) is 0 Å². The summed E-state index contributed by atoms with van der Waals surface area (Å²) in [7, 11) is 0. The fraction of sp³-hybridized carbons (Fsp3) is 0.500. The summed E-state index contributed by atoms with van der Waals surface area (Å²) in [5.74, 6) is 0. The Labute approximate surface area is 119 Å². The van der Waals surface area contributed by atoms with Gasteiger partial charge in [-0.05, 0) is 31.2 Å². The molecule has 2 aromatic rings. The van der Waals surface area contributed by atoms with Crippen LogP contribution in [0.3, 0.4) is 0 Å². The second-order valence-electron chi connectivity index (χ2n) is 5.37. The molecule has 1 aliphatic rings. The first kappa shape index (κ1) is 14.2. The van der Waals surface area contributed by atoms with Gasteiger partial charge in [-0.2, -0.15) is 13.2 Å². The zero-order valence-electron chi connectivity index (χ0n) is 11.6. The van der Waals surface area contributed by atoms with Crippen molar-refractivity contribution in [1.82, 2.24) is 14.5 Å². The van der Waals surface area contributed by atoms with E-state index in [1.54, 1.807) is 4.57 Å². The van der Waals surface area contributed by atoms with Gasteiger partial charge in [0.15, 0.2) is 0 Å². The molecule has 1 N–H and O–H groups in total. The zero-order valence-corrected chi connectivity index (χ0v) is 11.6. The number of nitrogens with one attached hydrogen (secondary N) is 1. The van der Waals surface area contributed by atoms with Crippen LogP contribution < -0.4 is 5.69 Å². The SMILES string of the molecule is CCN1CCC(n2c(=O)[nH]c3cc(C(F)(F)F)ccc32)C1. The Morgan fingerprint density at radius 2 is 2.14 bits per heavy atom. The molecule has 0 spiro atoms. The number of alkyl halides is 3. The van der Waals surface area contributed by atoms with Gasteiger partial charge in [-0.15, -0.1) is 0 Å². The molecule has 0 saturated carbocycles. The third-order valence-electron chi connectivity index (χ3n) is 4.10. The van der Waals surface area contributed by atoms with Crippen LogP contribution in [0, 0.1) is 0 Å². The fourth-order valence-corrected chi connectivity index (χ4v) is 2.98. The Morgan fingerprint density at radius 1 is 1.38 bits per heavy atom. The smallest absolute Gasteiger partial charge is 0.306 e. The lowest BCUT2D eigenvalue weighted by Gasteiger charge is -2.14. The molecular weight excluding hydrogens is 283 g/mol. The van der Waals surface area contributed by atoms with Gasteiger partial charge in [0.2, 0.25) is 0 Å². The maximum Gasteiger partial charge on any atom is 0.416 e. The van der Waals surface area contributed by atoms with E-state index in [0.717, 1.165) is 38.2 Å². The summed E-state index contributed by atoms with van der Waals surface area (Å²) >= 11 is 0. The van der Waals surface area contributed by atoms with E-state index in [2.05, 4.69) is 16.8 Å². The highest BCUT2D eigenvalue weighted by Gasteiger charge is 2.31. The first-order valence-electron chi connectivity index (χ1n) is 6.94. The third-order valence-corrected chi connectivity index (χ3v) is 4.10. The van der Waals surface area contributed by atoms with E-state index in [9.17, 15) is 18.0 Å². The zero-order chi connectivity index (χ0) is 15.2. The number of rotatable bonds is 2. The summed E-state index contributed by atoms with van der Waals surface area (Å²) in [4.78, 5) is 16.8. The number of benzene rings is 1. The number of likely N-dealkylation sites (N-methyl/N-ethyl adjacent to an activating group) is 1. The van der Waals surface area contributed by atoms with Crippen molar-refractivity contribution in [2.75, 3.05) is 19.6 Å². The molecule has 1 aromatic heterocycles. The van der Waals surface area contributed by atoms with Gasteiger partial charge < -0.3 is 9.88 Å². The number of aromatic nitrogens is 2. The standard InChI is InChI=1S/C14H16F3N3O/c1-2-19-6-5-10(8-19)20-12-4-3-9(14(15,16)17)7-11(12)18-13(20)21/h3-4,7,10H,2,5-6,8H2,1H3,(H,18,21). The van der Waals surface area contributed by atoms with Crippen molar-refractivity contribution in [3.63, 3.8) is 0 Å². The molecule has 1 atom stereocenters. The topological polar surface area (TPSA) is 41.0 Å². The fourth-order valence-electron chi connectivity index (χ4n) is 2.98. The van der Waals surface area contributed by atoms with Crippen LogP contribution in [0.4, 0.5) is 13.2 Å². The Bertz CT molecular complexity index is 716. The van der Waals surface area contributed by atoms with Crippen LogP contribution in [0.25, 0.3) is 11.0 Å². The number of imidazole rings is 1. The average Bonchev–Trinajstić information content (AvgIpc) is 2.99. The lowest BCUT2D eigenvalue weighted by Crippen LogP contribution is -2.26. The summed E-state index contributed by atoms with van der Waals surface area (Å²) in [6.45, 7) is 4.62. The normalized spacial score (nSPS) is 20.5. The highest BCUT2D eigenvalue weighted by Crippen LogP contribution is 2.31. The first-order valence-corrected chi connectivity index (χ1v) is 6.94. The molecule has 0 bridgehead atoms. The highest BCUT2D eigenvalue weighted by molar-refractivity contribution is 5.76. The van der Waals surface area contributed by atoms with Gasteiger partial charge in [-0.1, -0.05) is 6.92 Å².